The first kappa shape index (κ1) is 22.9. The Kier molecular flexibility index (Phi) is 6.76. The van der Waals surface area contributed by atoms with E-state index in [0.717, 1.165) is 29.0 Å². The molecule has 4 rings (SSSR count). The van der Waals surface area contributed by atoms with Gasteiger partial charge in [0.05, 0.1) is 10.6 Å². The molecule has 1 amide bonds. The molecule has 2 heterocycles. The zero-order valence-electron chi connectivity index (χ0n) is 18.4. The van der Waals surface area contributed by atoms with Crippen LogP contribution in [-0.2, 0) is 22.0 Å². The number of carbonyl (C=O) groups is 1. The quantitative estimate of drug-likeness (QED) is 0.340. The minimum absolute atomic E-state index is 0.0339. The molecule has 0 unspecified atom stereocenters. The third kappa shape index (κ3) is 5.40. The van der Waals surface area contributed by atoms with E-state index >= 15 is 0 Å². The van der Waals surface area contributed by atoms with Crippen LogP contribution in [0, 0.1) is 6.92 Å². The smallest absolute Gasteiger partial charge is 0.293 e. The molecule has 0 bridgehead atoms. The molecule has 0 saturated heterocycles. The van der Waals surface area contributed by atoms with Crippen LogP contribution >= 0.6 is 11.3 Å². The molecular weight excluding hydrogens is 456 g/mol. The molecule has 0 fully saturated rings. The Labute approximate surface area is 197 Å². The van der Waals surface area contributed by atoms with Crippen LogP contribution in [0.4, 0.5) is 5.13 Å². The first-order valence-electron chi connectivity index (χ1n) is 10.6. The molecule has 2 aromatic heterocycles. The third-order valence-corrected chi connectivity index (χ3v) is 7.64. The van der Waals surface area contributed by atoms with Crippen LogP contribution in [-0.4, -0.2) is 19.3 Å². The monoisotopic (exact) mass is 480 g/mol. The highest BCUT2D eigenvalue weighted by atomic mass is 32.2. The molecule has 0 aliphatic heterocycles. The molecule has 0 radical (unpaired) electrons. The van der Waals surface area contributed by atoms with Gasteiger partial charge < -0.3 is 4.42 Å². The highest BCUT2D eigenvalue weighted by Gasteiger charge is 2.20. The summed E-state index contributed by atoms with van der Waals surface area (Å²) in [5.74, 6) is -0.561. The first-order chi connectivity index (χ1) is 15.9. The van der Waals surface area contributed by atoms with Gasteiger partial charge in [-0.2, -0.15) is 0 Å². The van der Waals surface area contributed by atoms with Gasteiger partial charge in [-0.05, 0) is 43.2 Å². The van der Waals surface area contributed by atoms with Gasteiger partial charge in [-0.1, -0.05) is 55.8 Å². The van der Waals surface area contributed by atoms with E-state index in [0.29, 0.717) is 5.13 Å². The number of aryl methyl sites for hydroxylation is 2. The summed E-state index contributed by atoms with van der Waals surface area (Å²) in [6.45, 7) is 4.11. The van der Waals surface area contributed by atoms with E-state index in [9.17, 15) is 13.2 Å². The first-order valence-corrected chi connectivity index (χ1v) is 13.1. The molecule has 0 aliphatic rings. The fourth-order valence-electron chi connectivity index (χ4n) is 3.47. The number of nitrogens with one attached hydrogen (secondary N) is 1. The van der Waals surface area contributed by atoms with Crippen LogP contribution < -0.4 is 5.32 Å². The van der Waals surface area contributed by atoms with E-state index in [1.807, 2.05) is 19.1 Å². The zero-order valence-corrected chi connectivity index (χ0v) is 20.0. The van der Waals surface area contributed by atoms with Gasteiger partial charge in [0, 0.05) is 10.4 Å². The molecule has 4 aromatic rings. The molecular formula is C25H24N2O4S2. The van der Waals surface area contributed by atoms with Crippen LogP contribution in [0.3, 0.4) is 0 Å². The lowest BCUT2D eigenvalue weighted by Crippen LogP contribution is -2.10. The zero-order chi connectivity index (χ0) is 23.4. The van der Waals surface area contributed by atoms with Gasteiger partial charge in [-0.25, -0.2) is 13.4 Å². The number of anilines is 1. The summed E-state index contributed by atoms with van der Waals surface area (Å²) < 4.78 is 30.6. The van der Waals surface area contributed by atoms with Crippen molar-refractivity contribution < 1.29 is 17.6 Å². The van der Waals surface area contributed by atoms with E-state index in [-0.39, 0.29) is 22.2 Å². The third-order valence-electron chi connectivity index (χ3n) is 5.10. The number of rotatable bonds is 8. The van der Waals surface area contributed by atoms with Gasteiger partial charge in [0.15, 0.2) is 20.7 Å². The molecule has 8 heteroatoms. The lowest BCUT2D eigenvalue weighted by atomic mass is 10.1. The van der Waals surface area contributed by atoms with Crippen molar-refractivity contribution in [3.8, 4) is 11.3 Å². The second-order valence-electron chi connectivity index (χ2n) is 7.66. The van der Waals surface area contributed by atoms with Gasteiger partial charge in [-0.15, -0.1) is 11.3 Å². The van der Waals surface area contributed by atoms with Gasteiger partial charge in [0.1, 0.15) is 11.5 Å². The van der Waals surface area contributed by atoms with Crippen molar-refractivity contribution in [3.63, 3.8) is 0 Å². The molecule has 170 valence electrons. The second-order valence-corrected chi connectivity index (χ2v) is 10.9. The highest BCUT2D eigenvalue weighted by molar-refractivity contribution is 7.90. The number of thiazole rings is 1. The molecule has 33 heavy (non-hydrogen) atoms. The van der Waals surface area contributed by atoms with E-state index in [1.165, 1.54) is 41.2 Å². The Bertz CT molecular complexity index is 1360. The SMILES string of the molecule is CCCc1ccc(-c2nc(NC(=O)c3ccc(CS(=O)(=O)c4ccccc4)o3)sc2C)cc1. The summed E-state index contributed by atoms with van der Waals surface area (Å²) >= 11 is 1.38. The number of sulfone groups is 1. The Morgan fingerprint density at radius 1 is 1.03 bits per heavy atom. The molecule has 0 spiro atoms. The molecule has 1 N–H and O–H groups in total. The predicted molar refractivity (Wildman–Crippen MR) is 130 cm³/mol. The average molecular weight is 481 g/mol. The van der Waals surface area contributed by atoms with Gasteiger partial charge >= 0.3 is 0 Å². The van der Waals surface area contributed by atoms with E-state index in [4.69, 9.17) is 4.42 Å². The van der Waals surface area contributed by atoms with Gasteiger partial charge in [0.25, 0.3) is 5.91 Å². The van der Waals surface area contributed by atoms with Gasteiger partial charge in [0.2, 0.25) is 0 Å². The number of hydrogen-bond donors (Lipinski definition) is 1. The molecule has 0 atom stereocenters. The summed E-state index contributed by atoms with van der Waals surface area (Å²) in [6, 6.07) is 19.4. The van der Waals surface area contributed by atoms with Gasteiger partial charge in [-0.3, -0.25) is 10.1 Å². The van der Waals surface area contributed by atoms with Crippen LogP contribution in [0.5, 0.6) is 0 Å². The summed E-state index contributed by atoms with van der Waals surface area (Å²) in [6.07, 6.45) is 2.13. The summed E-state index contributed by atoms with van der Waals surface area (Å²) in [5.41, 5.74) is 3.11. The van der Waals surface area contributed by atoms with Crippen LogP contribution in [0.25, 0.3) is 11.3 Å². The van der Waals surface area contributed by atoms with Crippen molar-refractivity contribution in [2.45, 2.75) is 37.3 Å². The van der Waals surface area contributed by atoms with Crippen LogP contribution in [0.1, 0.15) is 40.1 Å². The fourth-order valence-corrected chi connectivity index (χ4v) is 5.57. The second kappa shape index (κ2) is 9.72. The Morgan fingerprint density at radius 2 is 1.76 bits per heavy atom. The number of nitrogens with zero attached hydrogens (tertiary/aromatic N) is 1. The van der Waals surface area contributed by atoms with E-state index in [1.54, 1.807) is 18.2 Å². The summed E-state index contributed by atoms with van der Waals surface area (Å²) in [7, 11) is -3.56. The normalized spacial score (nSPS) is 11.5. The highest BCUT2D eigenvalue weighted by Crippen LogP contribution is 2.31. The van der Waals surface area contributed by atoms with E-state index < -0.39 is 15.7 Å². The Hall–Kier alpha value is -3.23. The minimum Gasteiger partial charge on any atom is -0.455 e. The maximum atomic E-state index is 12.6. The maximum Gasteiger partial charge on any atom is 0.293 e. The van der Waals surface area contributed by atoms with E-state index in [2.05, 4.69) is 29.4 Å². The molecule has 6 nitrogen and oxygen atoms in total. The number of furan rings is 1. The van der Waals surface area contributed by atoms with Crippen LogP contribution in [0.15, 0.2) is 76.0 Å². The van der Waals surface area contributed by atoms with Crippen molar-refractivity contribution in [1.29, 1.82) is 0 Å². The predicted octanol–water partition coefficient (Wildman–Crippen LogP) is 5.89. The number of carbonyl (C=O) groups excluding carboxylic acids is 1. The van der Waals surface area contributed by atoms with Crippen molar-refractivity contribution >= 4 is 32.2 Å². The topological polar surface area (TPSA) is 89.3 Å². The number of benzene rings is 2. The number of aromatic nitrogens is 1. The average Bonchev–Trinajstić information content (AvgIpc) is 3.41. The summed E-state index contributed by atoms with van der Waals surface area (Å²) in [5, 5.41) is 3.21. The number of hydrogen-bond acceptors (Lipinski definition) is 6. The maximum absolute atomic E-state index is 12.6. The molecule has 0 saturated carbocycles. The Morgan fingerprint density at radius 3 is 2.45 bits per heavy atom. The fraction of sp³-hybridized carbons (Fsp3) is 0.200. The van der Waals surface area contributed by atoms with Crippen LogP contribution in [0.2, 0.25) is 0 Å². The number of amides is 1. The molecule has 2 aromatic carbocycles. The largest absolute Gasteiger partial charge is 0.455 e. The van der Waals surface area contributed by atoms with Crippen molar-refractivity contribution in [3.05, 3.63) is 88.7 Å². The Balaban J connectivity index is 1.45. The van der Waals surface area contributed by atoms with Crippen molar-refractivity contribution in [2.75, 3.05) is 5.32 Å². The minimum atomic E-state index is -3.56. The lowest BCUT2D eigenvalue weighted by molar-refractivity contribution is 0.0995. The lowest BCUT2D eigenvalue weighted by Gasteiger charge is -2.02. The summed E-state index contributed by atoms with van der Waals surface area (Å²) in [4.78, 5) is 18.4. The van der Waals surface area contributed by atoms with Crippen molar-refractivity contribution in [2.24, 2.45) is 0 Å². The molecule has 0 aliphatic carbocycles. The standard InChI is InChI=1S/C25H24N2O4S2/c1-3-7-18-10-12-19(13-11-18)23-17(2)32-25(26-23)27-24(28)22-15-14-20(31-22)16-33(29,30)21-8-5-4-6-9-21/h4-6,8-15H,3,7,16H2,1-2H3,(H,26,27,28). The van der Waals surface area contributed by atoms with Crippen molar-refractivity contribution in [1.82, 2.24) is 4.98 Å².